The van der Waals surface area contributed by atoms with Crippen molar-refractivity contribution in [2.75, 3.05) is 0 Å². The summed E-state index contributed by atoms with van der Waals surface area (Å²) in [5.74, 6) is 0.104. The lowest BCUT2D eigenvalue weighted by Gasteiger charge is -2.29. The zero-order valence-electron chi connectivity index (χ0n) is 17.2. The van der Waals surface area contributed by atoms with Gasteiger partial charge in [-0.15, -0.1) is 0 Å². The van der Waals surface area contributed by atoms with E-state index in [2.05, 4.69) is 21.0 Å². The Labute approximate surface area is 182 Å². The molecule has 8 nitrogen and oxygen atoms in total. The third-order valence-corrected chi connectivity index (χ3v) is 7.01. The maximum Gasteiger partial charge on any atom is 0.404 e. The maximum atomic E-state index is 12.8. The van der Waals surface area contributed by atoms with Crippen LogP contribution in [0.5, 0.6) is 0 Å². The van der Waals surface area contributed by atoms with Crippen molar-refractivity contribution in [3.05, 3.63) is 35.8 Å². The molecule has 1 N–H and O–H groups in total. The van der Waals surface area contributed by atoms with Crippen LogP contribution in [0.2, 0.25) is 0 Å². The number of nitrogens with one attached hydrogen (secondary N) is 1. The fourth-order valence-electron chi connectivity index (χ4n) is 3.55. The van der Waals surface area contributed by atoms with E-state index in [1.807, 2.05) is 11.5 Å². The van der Waals surface area contributed by atoms with Crippen LogP contribution in [0.1, 0.15) is 43.5 Å². The Bertz CT molecular complexity index is 1320. The number of sulfonamides is 1. The molecule has 0 aliphatic heterocycles. The van der Waals surface area contributed by atoms with E-state index in [1.54, 1.807) is 16.9 Å². The van der Waals surface area contributed by atoms with E-state index in [1.165, 1.54) is 0 Å². The molecule has 3 aromatic rings. The highest BCUT2D eigenvalue weighted by molar-refractivity contribution is 7.89. The molecule has 0 amide bonds. The number of hydrogen-bond donors (Lipinski definition) is 1. The van der Waals surface area contributed by atoms with Gasteiger partial charge in [0, 0.05) is 17.1 Å². The van der Waals surface area contributed by atoms with Crippen LogP contribution in [0.4, 0.5) is 13.2 Å². The van der Waals surface area contributed by atoms with Crippen LogP contribution in [-0.2, 0) is 10.0 Å². The molecule has 1 aliphatic rings. The number of alkyl halides is 3. The van der Waals surface area contributed by atoms with Gasteiger partial charge in [0.2, 0.25) is 10.0 Å². The quantitative estimate of drug-likeness (QED) is 0.617. The smallest absolute Gasteiger partial charge is 0.318 e. The van der Waals surface area contributed by atoms with Crippen LogP contribution in [0.3, 0.4) is 0 Å². The van der Waals surface area contributed by atoms with E-state index < -0.39 is 27.1 Å². The summed E-state index contributed by atoms with van der Waals surface area (Å²) in [6.45, 7) is 2.55. The average Bonchev–Trinajstić information content (AvgIpc) is 2.99. The van der Waals surface area contributed by atoms with Crippen molar-refractivity contribution in [2.45, 2.75) is 56.3 Å². The first-order valence-electron chi connectivity index (χ1n) is 9.86. The summed E-state index contributed by atoms with van der Waals surface area (Å²) < 4.78 is 66.4. The predicted molar refractivity (Wildman–Crippen MR) is 109 cm³/mol. The second-order valence-corrected chi connectivity index (χ2v) is 9.45. The summed E-state index contributed by atoms with van der Waals surface area (Å²) in [5.41, 5.74) is 2.14. The third kappa shape index (κ3) is 3.82. The van der Waals surface area contributed by atoms with E-state index >= 15 is 0 Å². The van der Waals surface area contributed by atoms with Gasteiger partial charge in [0.15, 0.2) is 5.82 Å². The van der Waals surface area contributed by atoms with Crippen LogP contribution in [0, 0.1) is 18.3 Å². The van der Waals surface area contributed by atoms with Gasteiger partial charge in [-0.1, -0.05) is 0 Å². The predicted octanol–water partition coefficient (Wildman–Crippen LogP) is 3.63. The normalized spacial score (nSPS) is 16.0. The number of aryl methyl sites for hydroxylation is 1. The second kappa shape index (κ2) is 7.83. The van der Waals surface area contributed by atoms with Gasteiger partial charge >= 0.3 is 6.18 Å². The standard InChI is InChI=1S/C20H19F3N6O2S/c1-11-6-7-15-16(8-24)17(29(19(15)27-11)13-4-3-5-13)18-25-9-14(10-26-18)32(30,31)28-12(2)20(21,22)23/h6-7,9-10,12-13,28H,3-5H2,1-2H3/t12-/m0/s1. The zero-order chi connectivity index (χ0) is 23.3. The highest BCUT2D eigenvalue weighted by Gasteiger charge is 2.39. The molecule has 4 rings (SSSR count). The molecule has 32 heavy (non-hydrogen) atoms. The lowest BCUT2D eigenvalue weighted by molar-refractivity contribution is -0.147. The first-order valence-corrected chi connectivity index (χ1v) is 11.3. The minimum Gasteiger partial charge on any atom is -0.318 e. The van der Waals surface area contributed by atoms with Gasteiger partial charge in [0.1, 0.15) is 28.3 Å². The summed E-state index contributed by atoms with van der Waals surface area (Å²) in [7, 11) is -4.49. The molecule has 12 heteroatoms. The van der Waals surface area contributed by atoms with Crippen LogP contribution < -0.4 is 4.72 Å². The van der Waals surface area contributed by atoms with Crippen LogP contribution in [0.25, 0.3) is 22.6 Å². The summed E-state index contributed by atoms with van der Waals surface area (Å²) >= 11 is 0. The van der Waals surface area contributed by atoms with Gasteiger partial charge < -0.3 is 4.57 Å². The van der Waals surface area contributed by atoms with Gasteiger partial charge in [-0.3, -0.25) is 0 Å². The molecule has 0 spiro atoms. The highest BCUT2D eigenvalue weighted by atomic mass is 32.2. The summed E-state index contributed by atoms with van der Waals surface area (Å²) in [5, 5.41) is 10.5. The van der Waals surface area contributed by atoms with Crippen molar-refractivity contribution >= 4 is 21.1 Å². The van der Waals surface area contributed by atoms with Gasteiger partial charge in [-0.05, 0) is 45.2 Å². The number of nitriles is 1. The molecule has 0 radical (unpaired) electrons. The molecular formula is C20H19F3N6O2S. The SMILES string of the molecule is Cc1ccc2c(C#N)c(-c3ncc(S(=O)(=O)N[C@@H](C)C(F)(F)F)cn3)n(C3CCC3)c2n1. The van der Waals surface area contributed by atoms with Gasteiger partial charge in [0.05, 0.1) is 18.0 Å². The zero-order valence-corrected chi connectivity index (χ0v) is 18.0. The molecule has 0 unspecified atom stereocenters. The molecular weight excluding hydrogens is 445 g/mol. The first-order chi connectivity index (χ1) is 15.0. The first kappa shape index (κ1) is 22.2. The number of pyridine rings is 1. The fraction of sp³-hybridized carbons (Fsp3) is 0.400. The number of fused-ring (bicyclic) bond motifs is 1. The summed E-state index contributed by atoms with van der Waals surface area (Å²) in [6, 6.07) is 3.60. The molecule has 1 aliphatic carbocycles. The average molecular weight is 464 g/mol. The van der Waals surface area contributed by atoms with Crippen molar-refractivity contribution in [3.8, 4) is 17.6 Å². The molecule has 1 atom stereocenters. The van der Waals surface area contributed by atoms with E-state index in [0.717, 1.165) is 37.4 Å². The van der Waals surface area contributed by atoms with Gasteiger partial charge in [-0.2, -0.15) is 23.2 Å². The van der Waals surface area contributed by atoms with Crippen molar-refractivity contribution in [3.63, 3.8) is 0 Å². The van der Waals surface area contributed by atoms with Crippen molar-refractivity contribution < 1.29 is 21.6 Å². The fourth-order valence-corrected chi connectivity index (χ4v) is 4.67. The lowest BCUT2D eigenvalue weighted by atomic mass is 9.92. The van der Waals surface area contributed by atoms with Crippen LogP contribution in [-0.4, -0.2) is 40.2 Å². The number of nitrogens with zero attached hydrogens (tertiary/aromatic N) is 5. The Hall–Kier alpha value is -3.04. The highest BCUT2D eigenvalue weighted by Crippen LogP contribution is 2.41. The van der Waals surface area contributed by atoms with Crippen LogP contribution >= 0.6 is 0 Å². The Morgan fingerprint density at radius 1 is 1.25 bits per heavy atom. The Kier molecular flexibility index (Phi) is 5.42. The number of hydrogen-bond acceptors (Lipinski definition) is 6. The van der Waals surface area contributed by atoms with Gasteiger partial charge in [-0.25, -0.2) is 23.4 Å². The minimum atomic E-state index is -4.73. The Morgan fingerprint density at radius 2 is 1.91 bits per heavy atom. The Morgan fingerprint density at radius 3 is 2.44 bits per heavy atom. The lowest BCUT2D eigenvalue weighted by Crippen LogP contribution is -2.43. The molecule has 0 bridgehead atoms. The topological polar surface area (TPSA) is 114 Å². The molecule has 168 valence electrons. The summed E-state index contributed by atoms with van der Waals surface area (Å²) in [6.07, 6.45) is -0.0400. The molecule has 1 fully saturated rings. The molecule has 3 aromatic heterocycles. The minimum absolute atomic E-state index is 0.102. The maximum absolute atomic E-state index is 12.8. The molecule has 0 aromatic carbocycles. The van der Waals surface area contributed by atoms with E-state index in [0.29, 0.717) is 29.2 Å². The second-order valence-electron chi connectivity index (χ2n) is 7.74. The van der Waals surface area contributed by atoms with Crippen molar-refractivity contribution in [1.29, 1.82) is 5.26 Å². The van der Waals surface area contributed by atoms with Gasteiger partial charge in [0.25, 0.3) is 0 Å². The number of aromatic nitrogens is 4. The monoisotopic (exact) mass is 464 g/mol. The van der Waals surface area contributed by atoms with Crippen LogP contribution in [0.15, 0.2) is 29.4 Å². The van der Waals surface area contributed by atoms with E-state index in [9.17, 15) is 26.9 Å². The third-order valence-electron chi connectivity index (χ3n) is 5.51. The molecule has 0 saturated heterocycles. The largest absolute Gasteiger partial charge is 0.404 e. The number of rotatable bonds is 5. The Balaban J connectivity index is 1.80. The van der Waals surface area contributed by atoms with Crippen molar-refractivity contribution in [1.82, 2.24) is 24.2 Å². The number of halogens is 3. The van der Waals surface area contributed by atoms with E-state index in [-0.39, 0.29) is 11.9 Å². The van der Waals surface area contributed by atoms with Crippen molar-refractivity contribution in [2.24, 2.45) is 0 Å². The molecule has 3 heterocycles. The summed E-state index contributed by atoms with van der Waals surface area (Å²) in [4.78, 5) is 12.3. The van der Waals surface area contributed by atoms with E-state index in [4.69, 9.17) is 0 Å². The molecule has 1 saturated carbocycles.